The van der Waals surface area contributed by atoms with Gasteiger partial charge in [0.1, 0.15) is 5.75 Å². The number of nitrogens with zero attached hydrogens (tertiary/aromatic N) is 1. The third-order valence-corrected chi connectivity index (χ3v) is 5.19. The lowest BCUT2D eigenvalue weighted by Gasteiger charge is -2.19. The molecule has 0 unspecified atom stereocenters. The van der Waals surface area contributed by atoms with Crippen LogP contribution in [0.1, 0.15) is 19.8 Å². The Kier molecular flexibility index (Phi) is 7.31. The number of nitrogens with one attached hydrogen (secondary N) is 2. The van der Waals surface area contributed by atoms with E-state index < -0.39 is 12.1 Å². The number of hydrogen-bond donors (Lipinski definition) is 4. The van der Waals surface area contributed by atoms with Gasteiger partial charge in [0.05, 0.1) is 42.6 Å². The number of aliphatic hydroxyl groups is 2. The highest BCUT2D eigenvalue weighted by Gasteiger charge is 2.16. The second-order valence-electron chi connectivity index (χ2n) is 7.16. The molecule has 2 aromatic carbocycles. The summed E-state index contributed by atoms with van der Waals surface area (Å²) in [6, 6.07) is 10.6. The van der Waals surface area contributed by atoms with Gasteiger partial charge in [-0.25, -0.2) is 4.98 Å². The summed E-state index contributed by atoms with van der Waals surface area (Å²) in [4.78, 5) is 16.8. The van der Waals surface area contributed by atoms with Gasteiger partial charge in [0, 0.05) is 28.8 Å². The number of benzene rings is 2. The summed E-state index contributed by atoms with van der Waals surface area (Å²) in [6.07, 6.45) is 0.0346. The molecule has 0 radical (unpaired) electrons. The Hall–Kier alpha value is -2.61. The second kappa shape index (κ2) is 9.93. The molecule has 0 aliphatic rings. The lowest BCUT2D eigenvalue weighted by Crippen LogP contribution is -2.44. The average molecular weight is 432 g/mol. The zero-order chi connectivity index (χ0) is 21.7. The number of ether oxygens (including phenoxy) is 1. The molecule has 0 aliphatic carbocycles. The molecule has 0 saturated heterocycles. The summed E-state index contributed by atoms with van der Waals surface area (Å²) in [6.45, 7) is 1.78. The molecule has 3 aromatic rings. The molecule has 8 heteroatoms. The van der Waals surface area contributed by atoms with Crippen molar-refractivity contribution in [1.82, 2.24) is 10.3 Å². The van der Waals surface area contributed by atoms with Crippen LogP contribution in [0, 0.1) is 0 Å². The van der Waals surface area contributed by atoms with Crippen molar-refractivity contribution in [3.05, 3.63) is 41.4 Å². The molecule has 0 bridgehead atoms. The van der Waals surface area contributed by atoms with Gasteiger partial charge in [-0.05, 0) is 49.7 Å². The number of carbonyl (C=O) groups is 1. The standard InChI is InChI=1S/C22H26ClN3O4/c1-13(28)20(12-27)26-21(29)4-3-9-24-22-16-7-5-14(23)10-19(16)25-18-8-6-15(30-2)11-17(18)22/h5-8,10-11,13,20,27-28H,3-4,9,12H2,1-2H3,(H,24,25)(H,26,29)/t13-,20-/m0/s1. The molecule has 0 spiro atoms. The van der Waals surface area contributed by atoms with Gasteiger partial charge in [-0.1, -0.05) is 11.6 Å². The van der Waals surface area contributed by atoms with E-state index >= 15 is 0 Å². The van der Waals surface area contributed by atoms with Crippen molar-refractivity contribution in [2.24, 2.45) is 0 Å². The van der Waals surface area contributed by atoms with Gasteiger partial charge < -0.3 is 25.6 Å². The number of rotatable bonds is 9. The number of hydrogen-bond acceptors (Lipinski definition) is 6. The summed E-state index contributed by atoms with van der Waals surface area (Å²) in [7, 11) is 1.62. The molecule has 0 saturated carbocycles. The number of aromatic nitrogens is 1. The van der Waals surface area contributed by atoms with Gasteiger partial charge in [0.15, 0.2) is 0 Å². The van der Waals surface area contributed by atoms with Crippen molar-refractivity contribution in [2.75, 3.05) is 25.6 Å². The molecule has 1 amide bonds. The Labute approximate surface area is 180 Å². The van der Waals surface area contributed by atoms with E-state index in [-0.39, 0.29) is 18.9 Å². The zero-order valence-electron chi connectivity index (χ0n) is 17.0. The first-order valence-corrected chi connectivity index (χ1v) is 10.2. The molecule has 1 heterocycles. The van der Waals surface area contributed by atoms with E-state index in [9.17, 15) is 15.0 Å². The summed E-state index contributed by atoms with van der Waals surface area (Å²) >= 11 is 6.15. The zero-order valence-corrected chi connectivity index (χ0v) is 17.7. The van der Waals surface area contributed by atoms with E-state index in [1.54, 1.807) is 7.11 Å². The minimum atomic E-state index is -0.812. The monoisotopic (exact) mass is 431 g/mol. The van der Waals surface area contributed by atoms with Crippen molar-refractivity contribution >= 4 is 45.0 Å². The SMILES string of the molecule is COc1ccc2nc3cc(Cl)ccc3c(NCCCC(=O)N[C@@H](CO)[C@H](C)O)c2c1. The Morgan fingerprint density at radius 1 is 1.20 bits per heavy atom. The summed E-state index contributed by atoms with van der Waals surface area (Å²) in [5.74, 6) is 0.517. The van der Waals surface area contributed by atoms with Crippen LogP contribution >= 0.6 is 11.6 Å². The fraction of sp³-hybridized carbons (Fsp3) is 0.364. The van der Waals surface area contributed by atoms with Gasteiger partial charge in [0.2, 0.25) is 5.91 Å². The minimum absolute atomic E-state index is 0.213. The third kappa shape index (κ3) is 5.11. The van der Waals surface area contributed by atoms with E-state index in [0.717, 1.165) is 33.2 Å². The molecule has 160 valence electrons. The first-order valence-electron chi connectivity index (χ1n) is 9.82. The number of aliphatic hydroxyl groups excluding tert-OH is 2. The average Bonchev–Trinajstić information content (AvgIpc) is 2.73. The van der Waals surface area contributed by atoms with Crippen LogP contribution in [0.4, 0.5) is 5.69 Å². The first-order chi connectivity index (χ1) is 14.4. The van der Waals surface area contributed by atoms with Crippen LogP contribution in [0.5, 0.6) is 5.75 Å². The van der Waals surface area contributed by atoms with Crippen molar-refractivity contribution < 1.29 is 19.7 Å². The predicted molar refractivity (Wildman–Crippen MR) is 119 cm³/mol. The fourth-order valence-corrected chi connectivity index (χ4v) is 3.44. The molecule has 30 heavy (non-hydrogen) atoms. The Morgan fingerprint density at radius 3 is 2.70 bits per heavy atom. The highest BCUT2D eigenvalue weighted by atomic mass is 35.5. The molecule has 3 rings (SSSR count). The quantitative estimate of drug-likeness (QED) is 0.306. The highest BCUT2D eigenvalue weighted by molar-refractivity contribution is 6.31. The third-order valence-electron chi connectivity index (χ3n) is 4.95. The highest BCUT2D eigenvalue weighted by Crippen LogP contribution is 2.34. The normalized spacial score (nSPS) is 13.2. The molecule has 1 aromatic heterocycles. The molecule has 0 fully saturated rings. The van der Waals surface area contributed by atoms with Crippen LogP contribution in [-0.2, 0) is 4.79 Å². The van der Waals surface area contributed by atoms with Crippen molar-refractivity contribution in [3.8, 4) is 5.75 Å². The van der Waals surface area contributed by atoms with E-state index in [0.29, 0.717) is 18.0 Å². The smallest absolute Gasteiger partial charge is 0.220 e. The Bertz CT molecular complexity index is 1040. The van der Waals surface area contributed by atoms with Gasteiger partial charge in [-0.2, -0.15) is 0 Å². The second-order valence-corrected chi connectivity index (χ2v) is 7.60. The number of halogens is 1. The maximum atomic E-state index is 12.1. The van der Waals surface area contributed by atoms with Crippen LogP contribution in [0.2, 0.25) is 5.02 Å². The molecule has 2 atom stereocenters. The van der Waals surface area contributed by atoms with Crippen molar-refractivity contribution in [1.29, 1.82) is 0 Å². The minimum Gasteiger partial charge on any atom is -0.497 e. The van der Waals surface area contributed by atoms with Gasteiger partial charge in [-0.15, -0.1) is 0 Å². The number of amides is 1. The lowest BCUT2D eigenvalue weighted by molar-refractivity contribution is -0.123. The van der Waals surface area contributed by atoms with E-state index in [1.807, 2.05) is 36.4 Å². The van der Waals surface area contributed by atoms with E-state index in [4.69, 9.17) is 21.3 Å². The maximum absolute atomic E-state index is 12.1. The molecular weight excluding hydrogens is 406 g/mol. The van der Waals surface area contributed by atoms with Gasteiger partial charge in [0.25, 0.3) is 0 Å². The number of methoxy groups -OCH3 is 1. The lowest BCUT2D eigenvalue weighted by atomic mass is 10.1. The first kappa shape index (κ1) is 22.1. The van der Waals surface area contributed by atoms with Crippen LogP contribution in [0.25, 0.3) is 21.8 Å². The summed E-state index contributed by atoms with van der Waals surface area (Å²) in [5.41, 5.74) is 2.50. The van der Waals surface area contributed by atoms with Gasteiger partial charge >= 0.3 is 0 Å². The van der Waals surface area contributed by atoms with Crippen LogP contribution < -0.4 is 15.4 Å². The Morgan fingerprint density at radius 2 is 2.00 bits per heavy atom. The molecular formula is C22H26ClN3O4. The number of anilines is 1. The summed E-state index contributed by atoms with van der Waals surface area (Å²) < 4.78 is 5.36. The largest absolute Gasteiger partial charge is 0.497 e. The van der Waals surface area contributed by atoms with Crippen molar-refractivity contribution in [2.45, 2.75) is 31.9 Å². The number of pyridine rings is 1. The van der Waals surface area contributed by atoms with E-state index in [2.05, 4.69) is 10.6 Å². The fourth-order valence-electron chi connectivity index (χ4n) is 3.27. The van der Waals surface area contributed by atoms with Gasteiger partial charge in [-0.3, -0.25) is 4.79 Å². The molecule has 7 nitrogen and oxygen atoms in total. The summed E-state index contributed by atoms with van der Waals surface area (Å²) in [5, 5.41) is 27.3. The van der Waals surface area contributed by atoms with E-state index in [1.165, 1.54) is 6.92 Å². The number of fused-ring (bicyclic) bond motifs is 2. The maximum Gasteiger partial charge on any atom is 0.220 e. The Balaban J connectivity index is 1.77. The van der Waals surface area contributed by atoms with Crippen LogP contribution in [0.15, 0.2) is 36.4 Å². The number of carbonyl (C=O) groups excluding carboxylic acids is 1. The predicted octanol–water partition coefficient (Wildman–Crippen LogP) is 3.10. The molecule has 4 N–H and O–H groups in total. The van der Waals surface area contributed by atoms with Crippen LogP contribution in [-0.4, -0.2) is 53.5 Å². The van der Waals surface area contributed by atoms with Crippen LogP contribution in [0.3, 0.4) is 0 Å². The topological polar surface area (TPSA) is 104 Å². The molecule has 0 aliphatic heterocycles. The van der Waals surface area contributed by atoms with Crippen molar-refractivity contribution in [3.63, 3.8) is 0 Å².